The van der Waals surface area contributed by atoms with Gasteiger partial charge in [-0.05, 0) is 18.2 Å². The zero-order valence-corrected chi connectivity index (χ0v) is 6.97. The molecule has 0 aromatic heterocycles. The van der Waals surface area contributed by atoms with E-state index in [4.69, 9.17) is 5.11 Å². The molecule has 0 fully saturated rings. The van der Waals surface area contributed by atoms with Crippen LogP contribution in [0.25, 0.3) is 0 Å². The van der Waals surface area contributed by atoms with Gasteiger partial charge in [0.15, 0.2) is 0 Å². The molecular weight excluding hydrogens is 189 g/mol. The molecule has 0 saturated heterocycles. The first-order valence-corrected chi connectivity index (χ1v) is 4.04. The van der Waals surface area contributed by atoms with Crippen molar-refractivity contribution in [3.8, 4) is 0 Å². The van der Waals surface area contributed by atoms with Crippen LogP contribution < -0.4 is 0 Å². The van der Waals surface area contributed by atoms with Gasteiger partial charge in [0.2, 0.25) is 0 Å². The number of carboxylic acids is 1. The molecule has 14 heavy (non-hydrogen) atoms. The maximum absolute atomic E-state index is 10.7. The summed E-state index contributed by atoms with van der Waals surface area (Å²) in [5, 5.41) is 8.76. The Morgan fingerprint density at radius 2 is 2.21 bits per heavy atom. The van der Waals surface area contributed by atoms with Gasteiger partial charge < -0.3 is 10.0 Å². The fourth-order valence-corrected chi connectivity index (χ4v) is 1.35. The Morgan fingerprint density at radius 1 is 1.43 bits per heavy atom. The Hall–Kier alpha value is -0.770. The Kier molecular flexibility index (Phi) is 3.75. The van der Waals surface area contributed by atoms with E-state index in [2.05, 4.69) is 0 Å². The molecule has 0 spiro atoms. The van der Waals surface area contributed by atoms with Gasteiger partial charge in [-0.15, -0.1) is 0 Å². The van der Waals surface area contributed by atoms with Gasteiger partial charge in [0.25, 0.3) is 0 Å². The molecule has 0 radical (unpaired) electrons. The van der Waals surface area contributed by atoms with Gasteiger partial charge in [-0.2, -0.15) is 0 Å². The topological polar surface area (TPSA) is 40.5 Å². The van der Waals surface area contributed by atoms with Crippen molar-refractivity contribution in [1.82, 2.24) is 4.90 Å². The number of fused-ring (bicyclic) bond motifs is 1. The van der Waals surface area contributed by atoms with Gasteiger partial charge in [-0.3, -0.25) is 0 Å². The van der Waals surface area contributed by atoms with E-state index in [-0.39, 0.29) is 29.6 Å². The second-order valence-corrected chi connectivity index (χ2v) is 2.89. The molecular formula is C10H10NNaO2. The number of allylic oxidation sites excluding steroid dienone is 3. The Balaban J connectivity index is 0.000000980. The van der Waals surface area contributed by atoms with E-state index in [0.717, 1.165) is 5.70 Å². The zero-order chi connectivity index (χ0) is 9.26. The third-order valence-corrected chi connectivity index (χ3v) is 2.03. The van der Waals surface area contributed by atoms with Crippen LogP contribution in [0.2, 0.25) is 0 Å². The van der Waals surface area contributed by atoms with Crippen LogP contribution in [0.5, 0.6) is 0 Å². The van der Waals surface area contributed by atoms with Crippen molar-refractivity contribution in [3.63, 3.8) is 0 Å². The molecule has 0 aromatic rings. The Labute approximate surface area is 104 Å². The summed E-state index contributed by atoms with van der Waals surface area (Å²) in [4.78, 5) is 12.6. The molecule has 0 aliphatic carbocycles. The van der Waals surface area contributed by atoms with Gasteiger partial charge in [0.05, 0.1) is 5.57 Å². The number of nitrogens with zero attached hydrogens (tertiary/aromatic N) is 1. The molecule has 0 bridgehead atoms. The molecule has 68 valence electrons. The van der Waals surface area contributed by atoms with Crippen LogP contribution in [-0.4, -0.2) is 52.1 Å². The second kappa shape index (κ2) is 4.64. The van der Waals surface area contributed by atoms with E-state index in [1.54, 1.807) is 12.2 Å². The van der Waals surface area contributed by atoms with Crippen molar-refractivity contribution < 1.29 is 9.90 Å². The summed E-state index contributed by atoms with van der Waals surface area (Å²) >= 11 is 0. The van der Waals surface area contributed by atoms with E-state index in [1.807, 2.05) is 29.3 Å². The summed E-state index contributed by atoms with van der Waals surface area (Å²) in [5.74, 6) is -0.866. The maximum atomic E-state index is 10.7. The number of hydrogen-bond acceptors (Lipinski definition) is 2. The molecule has 2 heterocycles. The molecule has 0 amide bonds. The summed E-state index contributed by atoms with van der Waals surface area (Å²) in [6.07, 6.45) is 11.0. The SMILES string of the molecule is O=C(O)C1=CCN2C=CC=CC2=C1.[NaH]. The second-order valence-electron chi connectivity index (χ2n) is 2.89. The van der Waals surface area contributed by atoms with E-state index in [1.165, 1.54) is 0 Å². The summed E-state index contributed by atoms with van der Waals surface area (Å²) in [6, 6.07) is 0. The van der Waals surface area contributed by atoms with Crippen LogP contribution in [0.1, 0.15) is 0 Å². The van der Waals surface area contributed by atoms with Crippen molar-refractivity contribution in [2.24, 2.45) is 0 Å². The molecule has 3 nitrogen and oxygen atoms in total. The molecule has 4 heteroatoms. The zero-order valence-electron chi connectivity index (χ0n) is 6.97. The van der Waals surface area contributed by atoms with Gasteiger partial charge in [0, 0.05) is 18.4 Å². The van der Waals surface area contributed by atoms with E-state index >= 15 is 0 Å². The first-order chi connectivity index (χ1) is 6.27. The number of hydrogen-bond donors (Lipinski definition) is 1. The van der Waals surface area contributed by atoms with Crippen molar-refractivity contribution in [3.05, 3.63) is 47.9 Å². The molecule has 2 rings (SSSR count). The standard InChI is InChI=1S/C10H9NO2.Na.H/c12-10(13)8-4-6-11-5-2-1-3-9(11)7-8;;/h1-5,7H,6H2,(H,12,13);;. The average Bonchev–Trinajstić information content (AvgIpc) is 2.17. The quantitative estimate of drug-likeness (QED) is 0.630. The van der Waals surface area contributed by atoms with Gasteiger partial charge in [-0.1, -0.05) is 12.2 Å². The molecule has 1 N–H and O–H groups in total. The van der Waals surface area contributed by atoms with Crippen LogP contribution >= 0.6 is 0 Å². The van der Waals surface area contributed by atoms with Crippen LogP contribution in [-0.2, 0) is 4.79 Å². The molecule has 0 unspecified atom stereocenters. The number of carboxylic acid groups (broad SMARTS) is 1. The van der Waals surface area contributed by atoms with Crippen LogP contribution in [0.15, 0.2) is 47.9 Å². The molecule has 2 aliphatic rings. The monoisotopic (exact) mass is 199 g/mol. The van der Waals surface area contributed by atoms with Crippen LogP contribution in [0, 0.1) is 0 Å². The first-order valence-electron chi connectivity index (χ1n) is 4.04. The third-order valence-electron chi connectivity index (χ3n) is 2.03. The predicted octanol–water partition coefficient (Wildman–Crippen LogP) is 0.632. The van der Waals surface area contributed by atoms with Crippen LogP contribution in [0.4, 0.5) is 0 Å². The number of aliphatic carboxylic acids is 1. The fraction of sp³-hybridized carbons (Fsp3) is 0.100. The van der Waals surface area contributed by atoms with Gasteiger partial charge >= 0.3 is 35.5 Å². The molecule has 0 saturated carbocycles. The normalized spacial score (nSPS) is 17.9. The van der Waals surface area contributed by atoms with Crippen molar-refractivity contribution in [2.75, 3.05) is 6.54 Å². The summed E-state index contributed by atoms with van der Waals surface area (Å²) < 4.78 is 0. The molecule has 0 aromatic carbocycles. The first kappa shape index (κ1) is 11.3. The van der Waals surface area contributed by atoms with E-state index < -0.39 is 5.97 Å². The van der Waals surface area contributed by atoms with Gasteiger partial charge in [-0.25, -0.2) is 4.79 Å². The Bertz CT molecular complexity index is 366. The Morgan fingerprint density at radius 3 is 2.93 bits per heavy atom. The minimum absolute atomic E-state index is 0. The number of rotatable bonds is 1. The van der Waals surface area contributed by atoms with Crippen molar-refractivity contribution >= 4 is 35.5 Å². The van der Waals surface area contributed by atoms with Crippen molar-refractivity contribution in [1.29, 1.82) is 0 Å². The summed E-state index contributed by atoms with van der Waals surface area (Å²) in [6.45, 7) is 0.633. The fourth-order valence-electron chi connectivity index (χ4n) is 1.35. The van der Waals surface area contributed by atoms with Gasteiger partial charge in [0.1, 0.15) is 0 Å². The van der Waals surface area contributed by atoms with Crippen molar-refractivity contribution in [2.45, 2.75) is 0 Å². The predicted molar refractivity (Wildman–Crippen MR) is 55.9 cm³/mol. The molecule has 2 aliphatic heterocycles. The summed E-state index contributed by atoms with van der Waals surface area (Å²) in [7, 11) is 0. The average molecular weight is 199 g/mol. The molecule has 0 atom stereocenters. The van der Waals surface area contributed by atoms with E-state index in [0.29, 0.717) is 12.1 Å². The summed E-state index contributed by atoms with van der Waals surface area (Å²) in [5.41, 5.74) is 1.30. The van der Waals surface area contributed by atoms with E-state index in [9.17, 15) is 4.79 Å². The minimum atomic E-state index is -0.866. The van der Waals surface area contributed by atoms with Crippen LogP contribution in [0.3, 0.4) is 0 Å². The third kappa shape index (κ3) is 2.18. The number of carbonyl (C=O) groups is 1.